The molecule has 3 heteroatoms. The van der Waals surface area contributed by atoms with Gasteiger partial charge in [-0.1, -0.05) is 53.6 Å². The van der Waals surface area contributed by atoms with Gasteiger partial charge in [-0.2, -0.15) is 0 Å². The second-order valence-electron chi connectivity index (χ2n) is 6.96. The number of rotatable bonds is 1. The van der Waals surface area contributed by atoms with Gasteiger partial charge in [0, 0.05) is 23.2 Å². The van der Waals surface area contributed by atoms with Gasteiger partial charge in [-0.15, -0.1) is 0 Å². The van der Waals surface area contributed by atoms with Crippen molar-refractivity contribution in [1.29, 1.82) is 0 Å². The second-order valence-corrected chi connectivity index (χ2v) is 6.96. The van der Waals surface area contributed by atoms with Crippen molar-refractivity contribution in [3.8, 4) is 11.1 Å². The van der Waals surface area contributed by atoms with Crippen molar-refractivity contribution in [3.05, 3.63) is 89.5 Å². The maximum absolute atomic E-state index is 7.29. The molecule has 0 aliphatic carbocycles. The Morgan fingerprint density at radius 1 is 0.889 bits per heavy atom. The Kier molecular flexibility index (Phi) is 3.29. The molecule has 0 bridgehead atoms. The van der Waals surface area contributed by atoms with Crippen LogP contribution in [0.2, 0.25) is 0 Å². The van der Waals surface area contributed by atoms with E-state index in [9.17, 15) is 0 Å². The lowest BCUT2D eigenvalue weighted by atomic mass is 9.93. The van der Waals surface area contributed by atoms with Crippen molar-refractivity contribution in [2.75, 3.05) is 0 Å². The van der Waals surface area contributed by atoms with Gasteiger partial charge in [-0.25, -0.2) is 9.83 Å². The fraction of sp³-hybridized carbons (Fsp3) is 0.0833. The van der Waals surface area contributed by atoms with Crippen LogP contribution < -0.4 is 0 Å². The SMILES string of the molecule is [C-]#[N+]c1cc(C)c(-c2ccc3c(c2)c2ccccc2c2nccn32)c(C)c1. The lowest BCUT2D eigenvalue weighted by Gasteiger charge is -2.14. The molecule has 0 amide bonds. The first kappa shape index (κ1) is 15.6. The van der Waals surface area contributed by atoms with Gasteiger partial charge in [0.05, 0.1) is 12.1 Å². The number of hydrogen-bond donors (Lipinski definition) is 0. The number of aryl methyl sites for hydroxylation is 2. The lowest BCUT2D eigenvalue weighted by Crippen LogP contribution is -1.93. The molecule has 27 heavy (non-hydrogen) atoms. The van der Waals surface area contributed by atoms with E-state index in [2.05, 4.69) is 70.5 Å². The molecular weight excluding hydrogens is 330 g/mol. The quantitative estimate of drug-likeness (QED) is 0.251. The summed E-state index contributed by atoms with van der Waals surface area (Å²) in [5.41, 5.74) is 7.48. The molecule has 2 aromatic heterocycles. The van der Waals surface area contributed by atoms with Crippen LogP contribution in [0, 0.1) is 20.4 Å². The van der Waals surface area contributed by atoms with Gasteiger partial charge >= 0.3 is 0 Å². The van der Waals surface area contributed by atoms with E-state index in [1.807, 2.05) is 24.5 Å². The Morgan fingerprint density at radius 2 is 1.63 bits per heavy atom. The first-order valence-electron chi connectivity index (χ1n) is 8.94. The zero-order valence-electron chi connectivity index (χ0n) is 15.2. The third-order valence-corrected chi connectivity index (χ3v) is 5.29. The highest BCUT2D eigenvalue weighted by Gasteiger charge is 2.12. The molecule has 3 nitrogen and oxygen atoms in total. The highest BCUT2D eigenvalue weighted by molar-refractivity contribution is 6.12. The number of nitrogens with zero attached hydrogens (tertiary/aromatic N) is 3. The van der Waals surface area contributed by atoms with Crippen LogP contribution in [0.1, 0.15) is 11.1 Å². The molecule has 5 rings (SSSR count). The molecule has 0 N–H and O–H groups in total. The van der Waals surface area contributed by atoms with Crippen molar-refractivity contribution < 1.29 is 0 Å². The summed E-state index contributed by atoms with van der Waals surface area (Å²) < 4.78 is 2.16. The zero-order valence-corrected chi connectivity index (χ0v) is 15.2. The maximum Gasteiger partial charge on any atom is 0.187 e. The van der Waals surface area contributed by atoms with Crippen LogP contribution in [0.15, 0.2) is 67.0 Å². The molecule has 0 atom stereocenters. The van der Waals surface area contributed by atoms with Crippen molar-refractivity contribution in [1.82, 2.24) is 9.38 Å². The van der Waals surface area contributed by atoms with Gasteiger partial charge in [-0.3, -0.25) is 4.40 Å². The standard InChI is InChI=1S/C24H17N3/c1-15-12-18(25-3)13-16(2)23(15)17-8-9-22-21(14-17)19-6-4-5-7-20(19)24-26-10-11-27(22)24/h4-14H,1-2H3. The van der Waals surface area contributed by atoms with Gasteiger partial charge in [0.1, 0.15) is 5.65 Å². The van der Waals surface area contributed by atoms with Crippen LogP contribution in [0.3, 0.4) is 0 Å². The number of aromatic nitrogens is 2. The summed E-state index contributed by atoms with van der Waals surface area (Å²) >= 11 is 0. The van der Waals surface area contributed by atoms with E-state index < -0.39 is 0 Å². The van der Waals surface area contributed by atoms with Gasteiger partial charge in [0.15, 0.2) is 5.69 Å². The van der Waals surface area contributed by atoms with E-state index in [1.54, 1.807) is 0 Å². The van der Waals surface area contributed by atoms with Gasteiger partial charge in [0.25, 0.3) is 0 Å². The summed E-state index contributed by atoms with van der Waals surface area (Å²) in [6.07, 6.45) is 3.87. The van der Waals surface area contributed by atoms with Crippen LogP contribution in [-0.4, -0.2) is 9.38 Å². The first-order valence-corrected chi connectivity index (χ1v) is 8.94. The minimum atomic E-state index is 0.695. The number of benzene rings is 3. The molecule has 0 saturated carbocycles. The molecular formula is C24H17N3. The predicted molar refractivity (Wildman–Crippen MR) is 111 cm³/mol. The third-order valence-electron chi connectivity index (χ3n) is 5.29. The highest BCUT2D eigenvalue weighted by Crippen LogP contribution is 2.35. The first-order chi connectivity index (χ1) is 13.2. The van der Waals surface area contributed by atoms with E-state index in [-0.39, 0.29) is 0 Å². The van der Waals surface area contributed by atoms with E-state index in [4.69, 9.17) is 6.57 Å². The maximum atomic E-state index is 7.29. The summed E-state index contributed by atoms with van der Waals surface area (Å²) in [7, 11) is 0. The fourth-order valence-electron chi connectivity index (χ4n) is 4.19. The van der Waals surface area contributed by atoms with Gasteiger partial charge < -0.3 is 0 Å². The third kappa shape index (κ3) is 2.24. The number of imidazole rings is 1. The van der Waals surface area contributed by atoms with E-state index in [0.29, 0.717) is 5.69 Å². The number of hydrogen-bond acceptors (Lipinski definition) is 1. The van der Waals surface area contributed by atoms with Crippen LogP contribution >= 0.6 is 0 Å². The molecule has 128 valence electrons. The molecule has 0 radical (unpaired) electrons. The van der Waals surface area contributed by atoms with E-state index in [0.717, 1.165) is 27.7 Å². The Labute approximate surface area is 157 Å². The predicted octanol–water partition coefficient (Wildman–Crippen LogP) is 6.48. The fourth-order valence-corrected chi connectivity index (χ4v) is 4.19. The average Bonchev–Trinajstić information content (AvgIpc) is 3.17. The lowest BCUT2D eigenvalue weighted by molar-refractivity contribution is 1.27. The van der Waals surface area contributed by atoms with Crippen molar-refractivity contribution in [3.63, 3.8) is 0 Å². The van der Waals surface area contributed by atoms with Crippen LogP contribution in [-0.2, 0) is 0 Å². The smallest absolute Gasteiger partial charge is 0.187 e. The molecule has 5 aromatic rings. The van der Waals surface area contributed by atoms with Crippen molar-refractivity contribution >= 4 is 33.0 Å². The molecule has 3 aromatic carbocycles. The molecule has 0 aliphatic rings. The van der Waals surface area contributed by atoms with Gasteiger partial charge in [0.2, 0.25) is 0 Å². The summed E-state index contributed by atoms with van der Waals surface area (Å²) in [5.74, 6) is 0. The monoisotopic (exact) mass is 347 g/mol. The Balaban J connectivity index is 1.89. The average molecular weight is 347 g/mol. The second kappa shape index (κ2) is 5.69. The minimum absolute atomic E-state index is 0.695. The van der Waals surface area contributed by atoms with Crippen LogP contribution in [0.5, 0.6) is 0 Å². The molecule has 0 unspecified atom stereocenters. The molecule has 0 saturated heterocycles. The molecule has 0 fully saturated rings. The van der Waals surface area contributed by atoms with E-state index >= 15 is 0 Å². The Hall–Kier alpha value is -3.64. The number of pyridine rings is 1. The van der Waals surface area contributed by atoms with Crippen molar-refractivity contribution in [2.24, 2.45) is 0 Å². The largest absolute Gasteiger partial charge is 0.299 e. The summed E-state index contributed by atoms with van der Waals surface area (Å²) in [4.78, 5) is 8.15. The zero-order chi connectivity index (χ0) is 18.5. The topological polar surface area (TPSA) is 21.7 Å². The Bertz CT molecular complexity index is 1380. The summed E-state index contributed by atoms with van der Waals surface area (Å²) in [5, 5.41) is 3.58. The van der Waals surface area contributed by atoms with Gasteiger partial charge in [-0.05, 0) is 42.5 Å². The van der Waals surface area contributed by atoms with Crippen molar-refractivity contribution in [2.45, 2.75) is 13.8 Å². The van der Waals surface area contributed by atoms with E-state index in [1.165, 1.54) is 21.9 Å². The summed E-state index contributed by atoms with van der Waals surface area (Å²) in [6.45, 7) is 11.5. The minimum Gasteiger partial charge on any atom is -0.299 e. The van der Waals surface area contributed by atoms with Crippen LogP contribution in [0.25, 0.3) is 43.3 Å². The number of fused-ring (bicyclic) bond motifs is 6. The summed E-state index contributed by atoms with van der Waals surface area (Å²) in [6, 6.07) is 19.0. The normalized spacial score (nSPS) is 11.3. The molecule has 2 heterocycles. The molecule has 0 spiro atoms. The van der Waals surface area contributed by atoms with Crippen LogP contribution in [0.4, 0.5) is 5.69 Å². The highest BCUT2D eigenvalue weighted by atomic mass is 15.0. The Morgan fingerprint density at radius 3 is 2.37 bits per heavy atom. The molecule has 0 aliphatic heterocycles.